The first-order valence-electron chi connectivity index (χ1n) is 9.63. The van der Waals surface area contributed by atoms with Crippen LogP contribution in [0.1, 0.15) is 36.2 Å². The van der Waals surface area contributed by atoms with Gasteiger partial charge in [-0.3, -0.25) is 4.79 Å². The first-order chi connectivity index (χ1) is 14.0. The first kappa shape index (κ1) is 20.9. The van der Waals surface area contributed by atoms with Crippen molar-refractivity contribution in [2.75, 3.05) is 11.9 Å². The molecule has 1 unspecified atom stereocenters. The molecule has 0 fully saturated rings. The fraction of sp³-hybridized carbons (Fsp3) is 0.261. The lowest BCUT2D eigenvalue weighted by molar-refractivity contribution is -0.115. The molecule has 0 saturated carbocycles. The second-order valence-corrected chi connectivity index (χ2v) is 7.82. The van der Waals surface area contributed by atoms with Gasteiger partial charge < -0.3 is 10.1 Å². The standard InChI is InChI=1S/C23H24N2O3S/c1-4-20(29-21-13-15(3)18-11-6-7-12-19(18)25-21)22(26)24-17-10-8-9-16(14-17)23(27)28-5-2/h6-14,20H,4-5H2,1-3H3,(H,24,26). The summed E-state index contributed by atoms with van der Waals surface area (Å²) < 4.78 is 5.02. The maximum absolute atomic E-state index is 12.8. The number of thioether (sulfide) groups is 1. The number of para-hydroxylation sites is 1. The zero-order chi connectivity index (χ0) is 20.8. The van der Waals surface area contributed by atoms with Crippen molar-refractivity contribution in [1.29, 1.82) is 0 Å². The van der Waals surface area contributed by atoms with Gasteiger partial charge in [-0.2, -0.15) is 0 Å². The quantitative estimate of drug-likeness (QED) is 0.428. The Bertz CT molecular complexity index is 1040. The van der Waals surface area contributed by atoms with E-state index in [1.807, 2.05) is 37.3 Å². The van der Waals surface area contributed by atoms with Gasteiger partial charge in [0.25, 0.3) is 0 Å². The van der Waals surface area contributed by atoms with Gasteiger partial charge in [-0.25, -0.2) is 9.78 Å². The molecule has 1 heterocycles. The molecule has 3 aromatic rings. The number of hydrogen-bond donors (Lipinski definition) is 1. The number of hydrogen-bond acceptors (Lipinski definition) is 5. The average Bonchev–Trinajstić information content (AvgIpc) is 2.72. The highest BCUT2D eigenvalue weighted by atomic mass is 32.2. The number of esters is 1. The number of fused-ring (bicyclic) bond motifs is 1. The normalized spacial score (nSPS) is 11.8. The van der Waals surface area contributed by atoms with Gasteiger partial charge in [-0.15, -0.1) is 0 Å². The number of amides is 1. The number of pyridine rings is 1. The number of anilines is 1. The van der Waals surface area contributed by atoms with Gasteiger partial charge in [0.1, 0.15) is 0 Å². The number of carbonyl (C=O) groups is 2. The molecule has 150 valence electrons. The van der Waals surface area contributed by atoms with Crippen LogP contribution in [0, 0.1) is 6.92 Å². The number of aryl methyl sites for hydroxylation is 1. The van der Waals surface area contributed by atoms with Gasteiger partial charge in [-0.05, 0) is 56.2 Å². The Morgan fingerprint density at radius 1 is 1.10 bits per heavy atom. The summed E-state index contributed by atoms with van der Waals surface area (Å²) in [6, 6.07) is 16.8. The topological polar surface area (TPSA) is 68.3 Å². The molecular weight excluding hydrogens is 384 g/mol. The molecule has 0 aliphatic heterocycles. The Morgan fingerprint density at radius 2 is 1.90 bits per heavy atom. The van der Waals surface area contributed by atoms with E-state index in [1.165, 1.54) is 11.8 Å². The zero-order valence-electron chi connectivity index (χ0n) is 16.8. The van der Waals surface area contributed by atoms with Gasteiger partial charge in [0.2, 0.25) is 5.91 Å². The van der Waals surface area contributed by atoms with E-state index >= 15 is 0 Å². The van der Waals surface area contributed by atoms with Crippen molar-refractivity contribution in [3.8, 4) is 0 Å². The number of nitrogens with one attached hydrogen (secondary N) is 1. The highest BCUT2D eigenvalue weighted by molar-refractivity contribution is 8.00. The van der Waals surface area contributed by atoms with Crippen molar-refractivity contribution in [2.24, 2.45) is 0 Å². The number of aromatic nitrogens is 1. The molecule has 1 amide bonds. The molecule has 1 N–H and O–H groups in total. The molecule has 0 bridgehead atoms. The summed E-state index contributed by atoms with van der Waals surface area (Å²) >= 11 is 1.45. The van der Waals surface area contributed by atoms with E-state index in [-0.39, 0.29) is 11.2 Å². The summed E-state index contributed by atoms with van der Waals surface area (Å²) in [7, 11) is 0. The minimum absolute atomic E-state index is 0.119. The Kier molecular flexibility index (Phi) is 6.88. The smallest absolute Gasteiger partial charge is 0.338 e. The second-order valence-electron chi connectivity index (χ2n) is 6.60. The fourth-order valence-corrected chi connectivity index (χ4v) is 4.03. The molecule has 0 radical (unpaired) electrons. The van der Waals surface area contributed by atoms with Crippen molar-refractivity contribution in [1.82, 2.24) is 4.98 Å². The number of rotatable bonds is 7. The van der Waals surface area contributed by atoms with Crippen LogP contribution >= 0.6 is 11.8 Å². The van der Waals surface area contributed by atoms with Gasteiger partial charge >= 0.3 is 5.97 Å². The van der Waals surface area contributed by atoms with Crippen LogP contribution in [0.5, 0.6) is 0 Å². The third-order valence-corrected chi connectivity index (χ3v) is 5.75. The Morgan fingerprint density at radius 3 is 2.66 bits per heavy atom. The maximum atomic E-state index is 12.8. The van der Waals surface area contributed by atoms with Crippen molar-refractivity contribution in [2.45, 2.75) is 37.5 Å². The largest absolute Gasteiger partial charge is 0.462 e. The lowest BCUT2D eigenvalue weighted by Crippen LogP contribution is -2.24. The molecule has 1 aromatic heterocycles. The van der Waals surface area contributed by atoms with Crippen LogP contribution in [0.4, 0.5) is 5.69 Å². The lowest BCUT2D eigenvalue weighted by atomic mass is 10.1. The van der Waals surface area contributed by atoms with Crippen LogP contribution in [0.3, 0.4) is 0 Å². The minimum atomic E-state index is -0.402. The van der Waals surface area contributed by atoms with Crippen LogP contribution in [0.25, 0.3) is 10.9 Å². The molecule has 0 aliphatic carbocycles. The Hall–Kier alpha value is -2.86. The molecule has 5 nitrogen and oxygen atoms in total. The summed E-state index contributed by atoms with van der Waals surface area (Å²) in [5.41, 5.74) is 3.04. The Balaban J connectivity index is 1.74. The minimum Gasteiger partial charge on any atom is -0.462 e. The SMILES string of the molecule is CCOC(=O)c1cccc(NC(=O)C(CC)Sc2cc(C)c3ccccc3n2)c1. The van der Waals surface area contributed by atoms with Crippen molar-refractivity contribution >= 4 is 40.2 Å². The van der Waals surface area contributed by atoms with E-state index in [2.05, 4.69) is 12.2 Å². The fourth-order valence-electron chi connectivity index (χ4n) is 3.01. The molecule has 2 aromatic carbocycles. The van der Waals surface area contributed by atoms with Crippen LogP contribution < -0.4 is 5.32 Å². The zero-order valence-corrected chi connectivity index (χ0v) is 17.6. The van der Waals surface area contributed by atoms with Crippen LogP contribution in [-0.4, -0.2) is 28.7 Å². The van der Waals surface area contributed by atoms with Gasteiger partial charge in [-0.1, -0.05) is 43.0 Å². The molecule has 0 aliphatic rings. The second kappa shape index (κ2) is 9.56. The molecule has 0 saturated heterocycles. The molecule has 1 atom stereocenters. The van der Waals surface area contributed by atoms with E-state index in [0.29, 0.717) is 24.3 Å². The first-order valence-corrected chi connectivity index (χ1v) is 10.5. The highest BCUT2D eigenvalue weighted by Gasteiger charge is 2.20. The van der Waals surface area contributed by atoms with Gasteiger partial charge in [0.15, 0.2) is 0 Å². The monoisotopic (exact) mass is 408 g/mol. The summed E-state index contributed by atoms with van der Waals surface area (Å²) in [5.74, 6) is -0.521. The summed E-state index contributed by atoms with van der Waals surface area (Å²) in [4.78, 5) is 29.4. The number of nitrogens with zero attached hydrogens (tertiary/aromatic N) is 1. The van der Waals surface area contributed by atoms with Crippen molar-refractivity contribution < 1.29 is 14.3 Å². The van der Waals surface area contributed by atoms with Crippen LogP contribution in [-0.2, 0) is 9.53 Å². The highest BCUT2D eigenvalue weighted by Crippen LogP contribution is 2.29. The van der Waals surface area contributed by atoms with Crippen LogP contribution in [0.15, 0.2) is 59.6 Å². The number of ether oxygens (including phenoxy) is 1. The van der Waals surface area contributed by atoms with E-state index in [0.717, 1.165) is 21.5 Å². The van der Waals surface area contributed by atoms with E-state index in [1.54, 1.807) is 31.2 Å². The predicted octanol–water partition coefficient (Wildman–Crippen LogP) is 5.23. The molecule has 3 rings (SSSR count). The van der Waals surface area contributed by atoms with Gasteiger partial charge in [0, 0.05) is 11.1 Å². The van der Waals surface area contributed by atoms with Crippen LogP contribution in [0.2, 0.25) is 0 Å². The molecular formula is C23H24N2O3S. The third kappa shape index (κ3) is 5.15. The summed E-state index contributed by atoms with van der Waals surface area (Å²) in [6.45, 7) is 6.09. The van der Waals surface area contributed by atoms with Crippen molar-refractivity contribution in [3.63, 3.8) is 0 Å². The van der Waals surface area contributed by atoms with E-state index in [9.17, 15) is 9.59 Å². The third-order valence-electron chi connectivity index (χ3n) is 4.47. The van der Waals surface area contributed by atoms with Gasteiger partial charge in [0.05, 0.1) is 28.0 Å². The van der Waals surface area contributed by atoms with E-state index < -0.39 is 5.97 Å². The number of carbonyl (C=O) groups excluding carboxylic acids is 2. The summed E-state index contributed by atoms with van der Waals surface area (Å²) in [5, 5.41) is 4.55. The lowest BCUT2D eigenvalue weighted by Gasteiger charge is -2.15. The van der Waals surface area contributed by atoms with Crippen molar-refractivity contribution in [3.05, 3.63) is 65.7 Å². The molecule has 6 heteroatoms. The molecule has 29 heavy (non-hydrogen) atoms. The number of benzene rings is 2. The predicted molar refractivity (Wildman–Crippen MR) is 117 cm³/mol. The summed E-state index contributed by atoms with van der Waals surface area (Å²) in [6.07, 6.45) is 0.654. The maximum Gasteiger partial charge on any atom is 0.338 e. The average molecular weight is 409 g/mol. The Labute approximate surface area is 174 Å². The van der Waals surface area contributed by atoms with E-state index in [4.69, 9.17) is 9.72 Å². The molecule has 0 spiro atoms.